The van der Waals surface area contributed by atoms with Crippen LogP contribution in [-0.4, -0.2) is 16.6 Å². The van der Waals surface area contributed by atoms with E-state index in [1.54, 1.807) is 24.3 Å². The van der Waals surface area contributed by atoms with Crippen LogP contribution in [0.5, 0.6) is 0 Å². The van der Waals surface area contributed by atoms with E-state index in [0.717, 1.165) is 11.3 Å². The number of anilines is 1. The van der Waals surface area contributed by atoms with E-state index >= 15 is 0 Å². The van der Waals surface area contributed by atoms with Crippen LogP contribution >= 0.6 is 0 Å². The van der Waals surface area contributed by atoms with Crippen LogP contribution in [0, 0.1) is 6.92 Å². The van der Waals surface area contributed by atoms with Crippen molar-refractivity contribution in [1.29, 1.82) is 0 Å². The Bertz CT molecular complexity index is 630. The highest BCUT2D eigenvalue weighted by Crippen LogP contribution is 2.06. The van der Waals surface area contributed by atoms with E-state index in [4.69, 9.17) is 5.73 Å². The third-order valence-electron chi connectivity index (χ3n) is 2.83. The fraction of sp³-hybridized carbons (Fsp3) is 0.133. The minimum atomic E-state index is -0.285. The van der Waals surface area contributed by atoms with E-state index in [0.29, 0.717) is 17.0 Å². The quantitative estimate of drug-likeness (QED) is 0.508. The number of nitrogens with zero attached hydrogens (tertiary/aromatic N) is 2. The van der Waals surface area contributed by atoms with E-state index in [1.165, 1.54) is 6.20 Å². The molecule has 102 valence electrons. The van der Waals surface area contributed by atoms with Gasteiger partial charge < -0.3 is 5.73 Å². The molecule has 0 saturated carbocycles. The number of rotatable bonds is 3. The molecule has 0 bridgehead atoms. The second-order valence-electron chi connectivity index (χ2n) is 4.45. The van der Waals surface area contributed by atoms with Gasteiger partial charge in [0.15, 0.2) is 0 Å². The summed E-state index contributed by atoms with van der Waals surface area (Å²) >= 11 is 0. The highest BCUT2D eigenvalue weighted by atomic mass is 16.2. The highest BCUT2D eigenvalue weighted by molar-refractivity contribution is 6.00. The van der Waals surface area contributed by atoms with E-state index in [1.807, 2.05) is 26.0 Å². The third kappa shape index (κ3) is 3.41. The molecule has 1 heterocycles. The number of amides is 1. The third-order valence-corrected chi connectivity index (χ3v) is 2.83. The summed E-state index contributed by atoms with van der Waals surface area (Å²) in [7, 11) is 0. The van der Waals surface area contributed by atoms with Gasteiger partial charge in [0, 0.05) is 17.6 Å². The van der Waals surface area contributed by atoms with Crippen LogP contribution in [0.1, 0.15) is 28.5 Å². The van der Waals surface area contributed by atoms with Gasteiger partial charge in [-0.2, -0.15) is 5.10 Å². The van der Waals surface area contributed by atoms with E-state index in [-0.39, 0.29) is 5.91 Å². The smallest absolute Gasteiger partial charge is 0.272 e. The van der Waals surface area contributed by atoms with Gasteiger partial charge in [-0.3, -0.25) is 9.78 Å². The zero-order valence-electron chi connectivity index (χ0n) is 11.4. The predicted octanol–water partition coefficient (Wildman–Crippen LogP) is 2.13. The van der Waals surface area contributed by atoms with Gasteiger partial charge in [-0.05, 0) is 43.7 Å². The van der Waals surface area contributed by atoms with Gasteiger partial charge in [-0.15, -0.1) is 0 Å². The van der Waals surface area contributed by atoms with Crippen molar-refractivity contribution < 1.29 is 4.79 Å². The summed E-state index contributed by atoms with van der Waals surface area (Å²) in [6, 6.07) is 10.8. The van der Waals surface area contributed by atoms with Crippen LogP contribution in [-0.2, 0) is 0 Å². The molecule has 0 aliphatic heterocycles. The van der Waals surface area contributed by atoms with Crippen molar-refractivity contribution in [2.75, 3.05) is 5.73 Å². The number of benzene rings is 1. The lowest BCUT2D eigenvalue weighted by molar-refractivity contribution is 0.0954. The van der Waals surface area contributed by atoms with Crippen molar-refractivity contribution in [3.05, 3.63) is 59.4 Å². The molecule has 0 spiro atoms. The van der Waals surface area contributed by atoms with Crippen molar-refractivity contribution >= 4 is 17.3 Å². The number of carbonyl (C=O) groups is 1. The lowest BCUT2D eigenvalue weighted by Crippen LogP contribution is -2.19. The predicted molar refractivity (Wildman–Crippen MR) is 79.5 cm³/mol. The first-order valence-electron chi connectivity index (χ1n) is 6.19. The van der Waals surface area contributed by atoms with Crippen molar-refractivity contribution in [3.8, 4) is 0 Å². The molecule has 0 aliphatic carbocycles. The molecule has 3 N–H and O–H groups in total. The van der Waals surface area contributed by atoms with Crippen LogP contribution in [0.2, 0.25) is 0 Å². The number of aromatic nitrogens is 1. The fourth-order valence-electron chi connectivity index (χ4n) is 1.59. The Kier molecular flexibility index (Phi) is 4.10. The molecule has 0 unspecified atom stereocenters. The number of hydrazone groups is 1. The first-order valence-corrected chi connectivity index (χ1v) is 6.19. The Balaban J connectivity index is 2.06. The van der Waals surface area contributed by atoms with Crippen LogP contribution < -0.4 is 11.2 Å². The van der Waals surface area contributed by atoms with Gasteiger partial charge >= 0.3 is 0 Å². The Morgan fingerprint density at radius 3 is 2.40 bits per heavy atom. The summed E-state index contributed by atoms with van der Waals surface area (Å²) in [5.41, 5.74) is 11.8. The Hall–Kier alpha value is -2.69. The molecule has 2 rings (SSSR count). The Morgan fingerprint density at radius 2 is 1.80 bits per heavy atom. The number of hydrogen-bond donors (Lipinski definition) is 2. The molecular formula is C15H16N4O. The normalized spacial score (nSPS) is 11.2. The molecule has 1 aromatic heterocycles. The average molecular weight is 268 g/mol. The first kappa shape index (κ1) is 13.7. The zero-order chi connectivity index (χ0) is 14.5. The number of hydrogen-bond acceptors (Lipinski definition) is 4. The molecule has 1 amide bonds. The topological polar surface area (TPSA) is 80.4 Å². The molecule has 5 heteroatoms. The molecule has 20 heavy (non-hydrogen) atoms. The van der Waals surface area contributed by atoms with Crippen LogP contribution in [0.15, 0.2) is 47.7 Å². The molecular weight excluding hydrogens is 252 g/mol. The van der Waals surface area contributed by atoms with Crippen molar-refractivity contribution in [1.82, 2.24) is 10.4 Å². The SMILES string of the molecule is C/C(=N\NC(=O)c1ccc(C)nc1)c1ccc(N)cc1. The first-order chi connectivity index (χ1) is 9.56. The zero-order valence-corrected chi connectivity index (χ0v) is 11.4. The maximum Gasteiger partial charge on any atom is 0.272 e. The van der Waals surface area contributed by atoms with E-state index in [2.05, 4.69) is 15.5 Å². The summed E-state index contributed by atoms with van der Waals surface area (Å²) < 4.78 is 0. The number of nitrogens with one attached hydrogen (secondary N) is 1. The standard InChI is InChI=1S/C15H16N4O/c1-10-3-4-13(9-17-10)15(20)19-18-11(2)12-5-7-14(16)8-6-12/h3-9H,16H2,1-2H3,(H,19,20)/b18-11+. The Morgan fingerprint density at radius 1 is 1.15 bits per heavy atom. The molecule has 0 atom stereocenters. The van der Waals surface area contributed by atoms with Crippen molar-refractivity contribution in [2.24, 2.45) is 5.10 Å². The number of nitrogen functional groups attached to an aromatic ring is 1. The molecule has 5 nitrogen and oxygen atoms in total. The minimum Gasteiger partial charge on any atom is -0.399 e. The van der Waals surface area contributed by atoms with Gasteiger partial charge in [0.1, 0.15) is 0 Å². The van der Waals surface area contributed by atoms with E-state index < -0.39 is 0 Å². The fourth-order valence-corrected chi connectivity index (χ4v) is 1.59. The van der Waals surface area contributed by atoms with Crippen LogP contribution in [0.3, 0.4) is 0 Å². The Labute approximate surface area is 117 Å². The molecule has 0 saturated heterocycles. The van der Waals surface area contributed by atoms with Gasteiger partial charge in [0.25, 0.3) is 5.91 Å². The summed E-state index contributed by atoms with van der Waals surface area (Å²) in [5.74, 6) is -0.285. The van der Waals surface area contributed by atoms with Crippen LogP contribution in [0.4, 0.5) is 5.69 Å². The van der Waals surface area contributed by atoms with Gasteiger partial charge in [-0.25, -0.2) is 5.43 Å². The lowest BCUT2D eigenvalue weighted by atomic mass is 10.1. The number of aryl methyl sites for hydroxylation is 1. The average Bonchev–Trinajstić information content (AvgIpc) is 2.46. The van der Waals surface area contributed by atoms with Crippen molar-refractivity contribution in [2.45, 2.75) is 13.8 Å². The molecule has 0 radical (unpaired) electrons. The monoisotopic (exact) mass is 268 g/mol. The maximum absolute atomic E-state index is 11.9. The lowest BCUT2D eigenvalue weighted by Gasteiger charge is -2.03. The van der Waals surface area contributed by atoms with Gasteiger partial charge in [0.05, 0.1) is 11.3 Å². The van der Waals surface area contributed by atoms with Gasteiger partial charge in [-0.1, -0.05) is 12.1 Å². The second kappa shape index (κ2) is 5.97. The second-order valence-corrected chi connectivity index (χ2v) is 4.45. The highest BCUT2D eigenvalue weighted by Gasteiger charge is 2.05. The molecule has 0 fully saturated rings. The number of carbonyl (C=O) groups excluding carboxylic acids is 1. The largest absolute Gasteiger partial charge is 0.399 e. The van der Waals surface area contributed by atoms with E-state index in [9.17, 15) is 4.79 Å². The van der Waals surface area contributed by atoms with Crippen molar-refractivity contribution in [3.63, 3.8) is 0 Å². The molecule has 1 aromatic carbocycles. The number of pyridine rings is 1. The maximum atomic E-state index is 11.9. The van der Waals surface area contributed by atoms with Crippen LogP contribution in [0.25, 0.3) is 0 Å². The van der Waals surface area contributed by atoms with Gasteiger partial charge in [0.2, 0.25) is 0 Å². The summed E-state index contributed by atoms with van der Waals surface area (Å²) in [5, 5.41) is 4.07. The number of nitrogens with two attached hydrogens (primary N) is 1. The summed E-state index contributed by atoms with van der Waals surface area (Å²) in [4.78, 5) is 15.9. The molecule has 0 aliphatic rings. The summed E-state index contributed by atoms with van der Waals surface area (Å²) in [6.07, 6.45) is 1.53. The molecule has 2 aromatic rings. The minimum absolute atomic E-state index is 0.285. The summed E-state index contributed by atoms with van der Waals surface area (Å²) in [6.45, 7) is 3.68.